The summed E-state index contributed by atoms with van der Waals surface area (Å²) in [5.74, 6) is 1.40. The molecule has 0 aliphatic heterocycles. The third kappa shape index (κ3) is 3.20. The maximum Gasteiger partial charge on any atom is 0.119 e. The van der Waals surface area contributed by atoms with Crippen molar-refractivity contribution in [2.24, 2.45) is 0 Å². The summed E-state index contributed by atoms with van der Waals surface area (Å²) in [4.78, 5) is 0. The summed E-state index contributed by atoms with van der Waals surface area (Å²) in [5, 5.41) is 12.4. The van der Waals surface area contributed by atoms with Gasteiger partial charge >= 0.3 is 0 Å². The summed E-state index contributed by atoms with van der Waals surface area (Å²) in [6.45, 7) is 0. The van der Waals surface area contributed by atoms with E-state index in [-0.39, 0.29) is 0 Å². The maximum absolute atomic E-state index is 10.00. The molecule has 2 aromatic rings. The Kier molecular flexibility index (Phi) is 4.94. The summed E-state index contributed by atoms with van der Waals surface area (Å²) in [6.07, 6.45) is 5.72. The van der Waals surface area contributed by atoms with Gasteiger partial charge in [-0.05, 0) is 41.9 Å². The fraction of sp³-hybridized carbons (Fsp3) is 0.375. The van der Waals surface area contributed by atoms with E-state index in [9.17, 15) is 5.11 Å². The van der Waals surface area contributed by atoms with Gasteiger partial charge in [-0.15, -0.1) is 0 Å². The average molecular weight is 260 g/mol. The van der Waals surface area contributed by atoms with Gasteiger partial charge in [0.1, 0.15) is 5.75 Å². The molecule has 0 aromatic heterocycles. The van der Waals surface area contributed by atoms with E-state index in [4.69, 9.17) is 0 Å². The van der Waals surface area contributed by atoms with Crippen molar-refractivity contribution in [1.29, 1.82) is 0 Å². The van der Waals surface area contributed by atoms with Gasteiger partial charge in [-0.1, -0.05) is 43.2 Å². The minimum absolute atomic E-state index is 0.433. The molecule has 0 amide bonds. The summed E-state index contributed by atoms with van der Waals surface area (Å²) >= 11 is 4.22. The zero-order valence-corrected chi connectivity index (χ0v) is 11.5. The van der Waals surface area contributed by atoms with E-state index in [2.05, 4.69) is 24.8 Å². The molecule has 0 fully saturated rings. The molecule has 0 saturated heterocycles. The minimum Gasteiger partial charge on any atom is -0.508 e. The number of rotatable bonds is 6. The number of phenolic OH excluding ortho intramolecular Hbond substituents is 1. The van der Waals surface area contributed by atoms with Crippen LogP contribution in [-0.4, -0.2) is 10.9 Å². The van der Waals surface area contributed by atoms with Gasteiger partial charge in [0.05, 0.1) is 0 Å². The van der Waals surface area contributed by atoms with Crippen LogP contribution in [0, 0.1) is 0 Å². The van der Waals surface area contributed by atoms with Gasteiger partial charge in [-0.2, -0.15) is 12.6 Å². The molecule has 0 radical (unpaired) electrons. The Morgan fingerprint density at radius 1 is 0.889 bits per heavy atom. The second kappa shape index (κ2) is 6.69. The molecule has 0 heterocycles. The molecule has 0 aliphatic carbocycles. The molecule has 0 atom stereocenters. The molecular weight excluding hydrogens is 240 g/mol. The molecule has 2 rings (SSSR count). The number of aryl methyl sites for hydroxylation is 1. The largest absolute Gasteiger partial charge is 0.508 e. The van der Waals surface area contributed by atoms with E-state index in [1.54, 1.807) is 0 Å². The minimum atomic E-state index is 0.433. The Morgan fingerprint density at radius 2 is 1.67 bits per heavy atom. The fourth-order valence-corrected chi connectivity index (χ4v) is 2.58. The second-order valence-corrected chi connectivity index (χ2v) is 5.12. The highest BCUT2D eigenvalue weighted by atomic mass is 32.1. The number of thiol groups is 1. The third-order valence-electron chi connectivity index (χ3n) is 3.35. The van der Waals surface area contributed by atoms with E-state index in [0.29, 0.717) is 5.75 Å². The van der Waals surface area contributed by atoms with E-state index in [1.165, 1.54) is 30.0 Å². The first-order valence-corrected chi connectivity index (χ1v) is 7.26. The van der Waals surface area contributed by atoms with Crippen LogP contribution in [0.15, 0.2) is 36.4 Å². The maximum atomic E-state index is 10.00. The van der Waals surface area contributed by atoms with Crippen LogP contribution in [0.2, 0.25) is 0 Å². The highest BCUT2D eigenvalue weighted by molar-refractivity contribution is 7.80. The topological polar surface area (TPSA) is 20.2 Å². The van der Waals surface area contributed by atoms with Gasteiger partial charge in [0.2, 0.25) is 0 Å². The molecule has 0 bridgehead atoms. The van der Waals surface area contributed by atoms with Gasteiger partial charge in [-0.3, -0.25) is 0 Å². The number of hydrogen-bond donors (Lipinski definition) is 2. The molecule has 1 N–H and O–H groups in total. The summed E-state index contributed by atoms with van der Waals surface area (Å²) < 4.78 is 0. The predicted octanol–water partition coefficient (Wildman–Crippen LogP) is 4.58. The molecular formula is C16H20OS. The van der Waals surface area contributed by atoms with E-state index >= 15 is 0 Å². The summed E-state index contributed by atoms with van der Waals surface area (Å²) in [5.41, 5.74) is 1.10. The lowest BCUT2D eigenvalue weighted by molar-refractivity contribution is 0.467. The van der Waals surface area contributed by atoms with Crippen molar-refractivity contribution in [3.05, 3.63) is 42.0 Å². The Balaban J connectivity index is 2.09. The van der Waals surface area contributed by atoms with Crippen LogP contribution in [-0.2, 0) is 6.42 Å². The van der Waals surface area contributed by atoms with Crippen LogP contribution < -0.4 is 0 Å². The van der Waals surface area contributed by atoms with E-state index in [1.807, 2.05) is 24.3 Å². The van der Waals surface area contributed by atoms with Crippen LogP contribution in [0.25, 0.3) is 10.8 Å². The van der Waals surface area contributed by atoms with Crippen molar-refractivity contribution in [2.45, 2.75) is 32.1 Å². The number of aromatic hydroxyl groups is 1. The van der Waals surface area contributed by atoms with Crippen molar-refractivity contribution in [3.8, 4) is 5.75 Å². The van der Waals surface area contributed by atoms with Gasteiger partial charge in [0.15, 0.2) is 0 Å². The number of phenols is 1. The van der Waals surface area contributed by atoms with Crippen molar-refractivity contribution < 1.29 is 5.11 Å². The number of benzene rings is 2. The highest BCUT2D eigenvalue weighted by Crippen LogP contribution is 2.28. The molecule has 0 saturated carbocycles. The molecule has 1 nitrogen and oxygen atoms in total. The number of fused-ring (bicyclic) bond motifs is 1. The lowest BCUT2D eigenvalue weighted by atomic mass is 9.98. The predicted molar refractivity (Wildman–Crippen MR) is 81.6 cm³/mol. The molecule has 0 unspecified atom stereocenters. The Bertz CT molecular complexity index is 507. The van der Waals surface area contributed by atoms with Crippen molar-refractivity contribution in [1.82, 2.24) is 0 Å². The van der Waals surface area contributed by atoms with Gasteiger partial charge in [0.25, 0.3) is 0 Å². The lowest BCUT2D eigenvalue weighted by Gasteiger charge is -2.09. The van der Waals surface area contributed by atoms with Crippen molar-refractivity contribution in [3.63, 3.8) is 0 Å². The highest BCUT2D eigenvalue weighted by Gasteiger charge is 2.06. The monoisotopic (exact) mass is 260 g/mol. The molecule has 0 spiro atoms. The Labute approximate surface area is 114 Å². The summed E-state index contributed by atoms with van der Waals surface area (Å²) in [7, 11) is 0. The average Bonchev–Trinajstić information content (AvgIpc) is 2.41. The second-order valence-electron chi connectivity index (χ2n) is 4.67. The molecule has 18 heavy (non-hydrogen) atoms. The summed E-state index contributed by atoms with van der Waals surface area (Å²) in [6, 6.07) is 12.1. The van der Waals surface area contributed by atoms with Gasteiger partial charge < -0.3 is 5.11 Å². The van der Waals surface area contributed by atoms with Crippen LogP contribution in [0.1, 0.15) is 31.2 Å². The first kappa shape index (κ1) is 13.3. The number of hydrogen-bond acceptors (Lipinski definition) is 2. The zero-order chi connectivity index (χ0) is 12.8. The van der Waals surface area contributed by atoms with E-state index in [0.717, 1.165) is 24.2 Å². The Morgan fingerprint density at radius 3 is 2.50 bits per heavy atom. The number of unbranched alkanes of at least 4 members (excludes halogenated alkanes) is 3. The fourth-order valence-electron chi connectivity index (χ4n) is 2.35. The first-order chi connectivity index (χ1) is 8.83. The van der Waals surface area contributed by atoms with E-state index < -0.39 is 0 Å². The third-order valence-corrected chi connectivity index (χ3v) is 3.67. The smallest absolute Gasteiger partial charge is 0.119 e. The SMILES string of the molecule is Oc1ccc2ccccc2c1CCCCCCS. The zero-order valence-electron chi connectivity index (χ0n) is 10.6. The van der Waals surface area contributed by atoms with Crippen LogP contribution >= 0.6 is 12.6 Å². The van der Waals surface area contributed by atoms with Crippen molar-refractivity contribution in [2.75, 3.05) is 5.75 Å². The van der Waals surface area contributed by atoms with Crippen LogP contribution in [0.3, 0.4) is 0 Å². The Hall–Kier alpha value is -1.15. The molecule has 0 aliphatic rings. The van der Waals surface area contributed by atoms with Crippen LogP contribution in [0.5, 0.6) is 5.75 Å². The van der Waals surface area contributed by atoms with Gasteiger partial charge in [0, 0.05) is 5.56 Å². The molecule has 2 aromatic carbocycles. The molecule has 96 valence electrons. The molecule has 2 heteroatoms. The van der Waals surface area contributed by atoms with Crippen LogP contribution in [0.4, 0.5) is 0 Å². The standard InChI is InChI=1S/C16H20OS/c17-16-11-10-13-7-4-5-8-14(13)15(16)9-3-1-2-6-12-18/h4-5,7-8,10-11,17-18H,1-3,6,9,12H2. The van der Waals surface area contributed by atoms with Crippen molar-refractivity contribution >= 4 is 23.4 Å². The first-order valence-electron chi connectivity index (χ1n) is 6.63. The lowest BCUT2D eigenvalue weighted by Crippen LogP contribution is -1.90. The quantitative estimate of drug-likeness (QED) is 0.575. The van der Waals surface area contributed by atoms with Gasteiger partial charge in [-0.25, -0.2) is 0 Å². The normalized spacial score (nSPS) is 10.9.